The lowest BCUT2D eigenvalue weighted by Crippen LogP contribution is -2.12. The molecule has 9 nitrogen and oxygen atoms in total. The van der Waals surface area contributed by atoms with Crippen LogP contribution in [0, 0.1) is 11.3 Å². The molecule has 0 atom stereocenters. The van der Waals surface area contributed by atoms with Gasteiger partial charge in [0.15, 0.2) is 0 Å². The molecular weight excluding hydrogens is 492 g/mol. The highest BCUT2D eigenvalue weighted by atomic mass is 32.2. The van der Waals surface area contributed by atoms with E-state index in [-0.39, 0.29) is 4.21 Å². The molecule has 34 heavy (non-hydrogen) atoms. The zero-order valence-corrected chi connectivity index (χ0v) is 20.3. The minimum absolute atomic E-state index is 0.105. The van der Waals surface area contributed by atoms with E-state index in [9.17, 15) is 13.7 Å². The van der Waals surface area contributed by atoms with Crippen LogP contribution in [0.3, 0.4) is 0 Å². The minimum Gasteiger partial charge on any atom is -0.446 e. The van der Waals surface area contributed by atoms with Crippen LogP contribution >= 0.6 is 23.1 Å². The molecule has 5 rings (SSSR count). The van der Waals surface area contributed by atoms with Gasteiger partial charge in [-0.25, -0.2) is 18.4 Å². The predicted octanol–water partition coefficient (Wildman–Crippen LogP) is 4.75. The van der Waals surface area contributed by atoms with Gasteiger partial charge in [0.1, 0.15) is 32.9 Å². The average molecular weight is 509 g/mol. The molecule has 1 N–H and O–H groups in total. The second-order valence-corrected chi connectivity index (χ2v) is 10.9. The number of nitrogens with zero attached hydrogens (tertiary/aromatic N) is 5. The first-order valence-corrected chi connectivity index (χ1v) is 13.4. The number of anilines is 1. The van der Waals surface area contributed by atoms with Crippen molar-refractivity contribution < 1.29 is 12.8 Å². The van der Waals surface area contributed by atoms with Gasteiger partial charge in [0.25, 0.3) is 10.0 Å². The lowest BCUT2D eigenvalue weighted by Gasteiger charge is -2.11. The summed E-state index contributed by atoms with van der Waals surface area (Å²) in [5.41, 5.74) is 2.83. The fraction of sp³-hybridized carbons (Fsp3) is 0.0909. The van der Waals surface area contributed by atoms with Crippen molar-refractivity contribution in [2.24, 2.45) is 7.05 Å². The van der Waals surface area contributed by atoms with E-state index in [0.29, 0.717) is 44.2 Å². The highest BCUT2D eigenvalue weighted by Gasteiger charge is 2.24. The Labute approximate surface area is 203 Å². The topological polar surface area (TPSA) is 127 Å². The Morgan fingerprint density at radius 3 is 2.76 bits per heavy atom. The quantitative estimate of drug-likeness (QED) is 0.326. The van der Waals surface area contributed by atoms with Gasteiger partial charge in [-0.15, -0.1) is 23.1 Å². The van der Waals surface area contributed by atoms with Gasteiger partial charge in [-0.05, 0) is 30.5 Å². The van der Waals surface area contributed by atoms with Crippen molar-refractivity contribution in [1.29, 1.82) is 5.26 Å². The highest BCUT2D eigenvalue weighted by molar-refractivity contribution is 7.98. The SMILES string of the molecule is CSc1c(C#N)c(-c2ccc(S(=O)(=O)Nc3ccccc3-c3ncnc4occc34)s2)nn1C. The zero-order valence-electron chi connectivity index (χ0n) is 17.9. The molecular formula is C22H16N6O3S3. The summed E-state index contributed by atoms with van der Waals surface area (Å²) in [5, 5.41) is 15.4. The molecule has 4 aromatic heterocycles. The Morgan fingerprint density at radius 2 is 1.97 bits per heavy atom. The van der Waals surface area contributed by atoms with E-state index in [4.69, 9.17) is 4.42 Å². The van der Waals surface area contributed by atoms with Crippen LogP contribution in [0.25, 0.3) is 32.9 Å². The number of hydrogen-bond donors (Lipinski definition) is 1. The van der Waals surface area contributed by atoms with Gasteiger partial charge in [0, 0.05) is 12.6 Å². The molecule has 0 fully saturated rings. The third kappa shape index (κ3) is 3.73. The number of para-hydroxylation sites is 1. The fourth-order valence-corrected chi connectivity index (χ4v) is 6.61. The van der Waals surface area contributed by atoms with Gasteiger partial charge in [-0.2, -0.15) is 10.4 Å². The van der Waals surface area contributed by atoms with Crippen LogP contribution in [0.1, 0.15) is 5.56 Å². The standard InChI is InChI=1S/C22H16N6O3S3/c1-28-22(32-2)15(11-23)20(26-28)17-7-8-18(33-17)34(29,30)27-16-6-4-3-5-13(16)19-14-9-10-31-21(14)25-12-24-19/h3-10,12,27H,1-2H3. The number of benzene rings is 1. The minimum atomic E-state index is -3.92. The van der Waals surface area contributed by atoms with Gasteiger partial charge in [0.05, 0.1) is 27.9 Å². The van der Waals surface area contributed by atoms with Crippen LogP contribution in [0.15, 0.2) is 68.7 Å². The summed E-state index contributed by atoms with van der Waals surface area (Å²) < 4.78 is 36.3. The number of nitriles is 1. The van der Waals surface area contributed by atoms with Crippen molar-refractivity contribution >= 4 is 49.9 Å². The molecule has 0 bridgehead atoms. The summed E-state index contributed by atoms with van der Waals surface area (Å²) in [5.74, 6) is 0. The molecule has 0 aliphatic heterocycles. The molecule has 0 saturated heterocycles. The maximum atomic E-state index is 13.3. The number of fused-ring (bicyclic) bond motifs is 1. The van der Waals surface area contributed by atoms with E-state index in [1.807, 2.05) is 6.26 Å². The maximum absolute atomic E-state index is 13.3. The van der Waals surface area contributed by atoms with Crippen LogP contribution in [0.2, 0.25) is 0 Å². The summed E-state index contributed by atoms with van der Waals surface area (Å²) in [6, 6.07) is 14.1. The van der Waals surface area contributed by atoms with Gasteiger partial charge in [-0.1, -0.05) is 18.2 Å². The number of aryl methyl sites for hydroxylation is 1. The summed E-state index contributed by atoms with van der Waals surface area (Å²) >= 11 is 2.46. The van der Waals surface area contributed by atoms with Crippen LogP contribution in [-0.2, 0) is 17.1 Å². The summed E-state index contributed by atoms with van der Waals surface area (Å²) in [7, 11) is -2.17. The molecule has 5 aromatic rings. The molecule has 0 saturated carbocycles. The molecule has 0 radical (unpaired) electrons. The number of thiophene rings is 1. The summed E-state index contributed by atoms with van der Waals surface area (Å²) in [6.45, 7) is 0. The molecule has 12 heteroatoms. The Morgan fingerprint density at radius 1 is 1.15 bits per heavy atom. The largest absolute Gasteiger partial charge is 0.446 e. The normalized spacial score (nSPS) is 11.6. The Balaban J connectivity index is 1.52. The number of hydrogen-bond acceptors (Lipinski definition) is 9. The van der Waals surface area contributed by atoms with Crippen LogP contribution in [-0.4, -0.2) is 34.4 Å². The lowest BCUT2D eigenvalue weighted by atomic mass is 10.1. The Bertz CT molecular complexity index is 1680. The highest BCUT2D eigenvalue weighted by Crippen LogP contribution is 2.37. The third-order valence-electron chi connectivity index (χ3n) is 5.07. The fourth-order valence-electron chi connectivity index (χ4n) is 3.59. The van der Waals surface area contributed by atoms with E-state index >= 15 is 0 Å². The molecule has 0 spiro atoms. The van der Waals surface area contributed by atoms with Gasteiger partial charge >= 0.3 is 0 Å². The number of rotatable bonds is 6. The number of sulfonamides is 1. The molecule has 0 aliphatic rings. The average Bonchev–Trinajstić information content (AvgIpc) is 3.57. The second kappa shape index (κ2) is 8.60. The molecule has 1 aromatic carbocycles. The third-order valence-corrected chi connectivity index (χ3v) is 8.87. The van der Waals surface area contributed by atoms with Crippen LogP contribution in [0.4, 0.5) is 5.69 Å². The number of aromatic nitrogens is 4. The van der Waals surface area contributed by atoms with Crippen molar-refractivity contribution in [3.8, 4) is 27.9 Å². The molecule has 0 unspecified atom stereocenters. The number of thioether (sulfide) groups is 1. The first-order chi connectivity index (χ1) is 16.4. The van der Waals surface area contributed by atoms with E-state index < -0.39 is 10.0 Å². The molecule has 170 valence electrons. The first-order valence-electron chi connectivity index (χ1n) is 9.84. The number of furan rings is 1. The van der Waals surface area contributed by atoms with E-state index in [1.165, 1.54) is 30.4 Å². The van der Waals surface area contributed by atoms with Crippen LogP contribution < -0.4 is 4.72 Å². The molecule has 4 heterocycles. The van der Waals surface area contributed by atoms with Gasteiger partial charge < -0.3 is 4.42 Å². The van der Waals surface area contributed by atoms with Crippen molar-refractivity contribution in [2.75, 3.05) is 11.0 Å². The predicted molar refractivity (Wildman–Crippen MR) is 131 cm³/mol. The number of nitrogens with one attached hydrogen (secondary N) is 1. The lowest BCUT2D eigenvalue weighted by molar-refractivity contribution is 0.602. The summed E-state index contributed by atoms with van der Waals surface area (Å²) in [4.78, 5) is 9.03. The van der Waals surface area contributed by atoms with Crippen molar-refractivity contribution in [1.82, 2.24) is 19.7 Å². The van der Waals surface area contributed by atoms with Crippen molar-refractivity contribution in [2.45, 2.75) is 9.24 Å². The van der Waals surface area contributed by atoms with Crippen LogP contribution in [0.5, 0.6) is 0 Å². The molecule has 0 aliphatic carbocycles. The van der Waals surface area contributed by atoms with E-state index in [2.05, 4.69) is 25.9 Å². The Hall–Kier alpha value is -3.66. The summed E-state index contributed by atoms with van der Waals surface area (Å²) in [6.07, 6.45) is 4.75. The zero-order chi connectivity index (χ0) is 23.9. The first kappa shape index (κ1) is 22.1. The maximum Gasteiger partial charge on any atom is 0.271 e. The van der Waals surface area contributed by atoms with Gasteiger partial charge in [0.2, 0.25) is 5.71 Å². The van der Waals surface area contributed by atoms with E-state index in [0.717, 1.165) is 16.4 Å². The monoisotopic (exact) mass is 508 g/mol. The van der Waals surface area contributed by atoms with Crippen molar-refractivity contribution in [3.05, 3.63) is 60.6 Å². The van der Waals surface area contributed by atoms with E-state index in [1.54, 1.807) is 48.1 Å². The van der Waals surface area contributed by atoms with Gasteiger partial charge in [-0.3, -0.25) is 9.40 Å². The Kier molecular flexibility index (Phi) is 5.60. The van der Waals surface area contributed by atoms with Crippen molar-refractivity contribution in [3.63, 3.8) is 0 Å². The second-order valence-electron chi connectivity index (χ2n) is 7.10. The smallest absolute Gasteiger partial charge is 0.271 e. The molecule has 0 amide bonds.